The van der Waals surface area contributed by atoms with Gasteiger partial charge in [0.05, 0.1) is 0 Å². The van der Waals surface area contributed by atoms with E-state index in [0.29, 0.717) is 16.1 Å². The van der Waals surface area contributed by atoms with Gasteiger partial charge in [0.25, 0.3) is 5.91 Å². The first kappa shape index (κ1) is 11.3. The highest BCUT2D eigenvalue weighted by molar-refractivity contribution is 6.31. The number of urea groups is 1. The molecule has 0 saturated carbocycles. The molecule has 80 valence electrons. The Kier molecular flexibility index (Phi) is 3.51. The average molecular weight is 228 g/mol. The number of nitrogens with one attached hydrogen (secondary N) is 2. The molecule has 1 aromatic rings. The Labute approximate surface area is 91.6 Å². The van der Waals surface area contributed by atoms with E-state index < -0.39 is 11.9 Å². The molecule has 0 unspecified atom stereocenters. The molecule has 3 amide bonds. The van der Waals surface area contributed by atoms with Crippen molar-refractivity contribution in [3.8, 4) is 0 Å². The van der Waals surface area contributed by atoms with Crippen LogP contribution < -0.4 is 16.6 Å². The number of amides is 3. The summed E-state index contributed by atoms with van der Waals surface area (Å²) >= 11 is 5.83. The largest absolute Gasteiger partial charge is 0.350 e. The van der Waals surface area contributed by atoms with Crippen molar-refractivity contribution in [1.29, 1.82) is 0 Å². The molecule has 0 aliphatic carbocycles. The number of primary amides is 1. The number of hydrogen-bond acceptors (Lipinski definition) is 2. The van der Waals surface area contributed by atoms with Gasteiger partial charge in [-0.3, -0.25) is 10.2 Å². The van der Waals surface area contributed by atoms with Crippen LogP contribution in [0.3, 0.4) is 0 Å². The van der Waals surface area contributed by atoms with Crippen molar-refractivity contribution in [2.75, 3.05) is 0 Å². The Morgan fingerprint density at radius 3 is 2.60 bits per heavy atom. The molecule has 0 saturated heterocycles. The zero-order valence-corrected chi connectivity index (χ0v) is 8.76. The van der Waals surface area contributed by atoms with E-state index >= 15 is 0 Å². The van der Waals surface area contributed by atoms with Crippen LogP contribution in [0.15, 0.2) is 18.2 Å². The van der Waals surface area contributed by atoms with Crippen molar-refractivity contribution >= 4 is 23.5 Å². The van der Waals surface area contributed by atoms with Crippen molar-refractivity contribution in [2.24, 2.45) is 5.73 Å². The van der Waals surface area contributed by atoms with Crippen LogP contribution in [-0.4, -0.2) is 11.9 Å². The van der Waals surface area contributed by atoms with Gasteiger partial charge in [0, 0.05) is 10.6 Å². The highest BCUT2D eigenvalue weighted by atomic mass is 35.5. The minimum atomic E-state index is -0.831. The lowest BCUT2D eigenvalue weighted by molar-refractivity contribution is 0.0936. The van der Waals surface area contributed by atoms with Gasteiger partial charge in [-0.05, 0) is 24.6 Å². The third-order valence-corrected chi connectivity index (χ3v) is 2.22. The molecule has 0 heterocycles. The maximum atomic E-state index is 11.5. The molecule has 0 aromatic heterocycles. The number of halogens is 1. The second-order valence-electron chi connectivity index (χ2n) is 2.86. The summed E-state index contributed by atoms with van der Waals surface area (Å²) in [4.78, 5) is 21.8. The number of hydrogen-bond donors (Lipinski definition) is 3. The van der Waals surface area contributed by atoms with E-state index in [9.17, 15) is 9.59 Å². The van der Waals surface area contributed by atoms with E-state index in [1.807, 2.05) is 5.43 Å². The van der Waals surface area contributed by atoms with Gasteiger partial charge < -0.3 is 5.73 Å². The first-order valence-electron chi connectivity index (χ1n) is 4.13. The topological polar surface area (TPSA) is 84.2 Å². The Bertz CT molecular complexity index is 406. The fraction of sp³-hybridized carbons (Fsp3) is 0.111. The van der Waals surface area contributed by atoms with Crippen LogP contribution in [0.1, 0.15) is 15.9 Å². The first-order valence-corrected chi connectivity index (χ1v) is 4.51. The number of rotatable bonds is 1. The van der Waals surface area contributed by atoms with Gasteiger partial charge in [-0.1, -0.05) is 17.7 Å². The van der Waals surface area contributed by atoms with Crippen LogP contribution in [0.4, 0.5) is 4.79 Å². The van der Waals surface area contributed by atoms with Crippen LogP contribution in [-0.2, 0) is 0 Å². The number of nitrogens with two attached hydrogens (primary N) is 1. The molecular weight excluding hydrogens is 218 g/mol. The predicted octanol–water partition coefficient (Wildman–Crippen LogP) is 0.962. The monoisotopic (exact) mass is 227 g/mol. The molecule has 0 bridgehead atoms. The van der Waals surface area contributed by atoms with Crippen LogP contribution in [0.5, 0.6) is 0 Å². The minimum absolute atomic E-state index is 0.385. The first-order chi connectivity index (χ1) is 7.02. The molecule has 15 heavy (non-hydrogen) atoms. The Hall–Kier alpha value is -1.75. The summed E-state index contributed by atoms with van der Waals surface area (Å²) in [6.07, 6.45) is 0. The number of carbonyl (C=O) groups is 2. The third-order valence-electron chi connectivity index (χ3n) is 1.81. The standard InChI is InChI=1S/C9H10ClN3O2/c1-5-6(3-2-4-7(5)10)8(14)12-13-9(11)15/h2-4H,1H3,(H,12,14)(H3,11,13,15). The molecule has 0 radical (unpaired) electrons. The maximum absolute atomic E-state index is 11.5. The lowest BCUT2D eigenvalue weighted by Crippen LogP contribution is -2.44. The van der Waals surface area contributed by atoms with Gasteiger partial charge in [-0.2, -0.15) is 0 Å². The molecule has 1 aromatic carbocycles. The van der Waals surface area contributed by atoms with Crippen LogP contribution in [0.2, 0.25) is 5.02 Å². The number of carbonyl (C=O) groups excluding carboxylic acids is 2. The van der Waals surface area contributed by atoms with Crippen molar-refractivity contribution < 1.29 is 9.59 Å². The van der Waals surface area contributed by atoms with Gasteiger partial charge in [0.1, 0.15) is 0 Å². The van der Waals surface area contributed by atoms with E-state index in [2.05, 4.69) is 5.43 Å². The summed E-state index contributed by atoms with van der Waals surface area (Å²) in [5.74, 6) is -0.464. The number of benzene rings is 1. The van der Waals surface area contributed by atoms with Crippen LogP contribution in [0, 0.1) is 6.92 Å². The fourth-order valence-corrected chi connectivity index (χ4v) is 1.21. The summed E-state index contributed by atoms with van der Waals surface area (Å²) in [6.45, 7) is 1.71. The summed E-state index contributed by atoms with van der Waals surface area (Å²) in [6, 6.07) is 4.09. The third kappa shape index (κ3) is 2.85. The minimum Gasteiger partial charge on any atom is -0.350 e. The molecule has 5 nitrogen and oxygen atoms in total. The predicted molar refractivity (Wildman–Crippen MR) is 56.4 cm³/mol. The highest BCUT2D eigenvalue weighted by Crippen LogP contribution is 2.18. The van der Waals surface area contributed by atoms with Crippen molar-refractivity contribution in [3.05, 3.63) is 34.3 Å². The summed E-state index contributed by atoms with van der Waals surface area (Å²) < 4.78 is 0. The van der Waals surface area contributed by atoms with Gasteiger partial charge in [0.2, 0.25) is 0 Å². The molecular formula is C9H10ClN3O2. The lowest BCUT2D eigenvalue weighted by Gasteiger charge is -2.08. The Morgan fingerprint density at radius 2 is 2.00 bits per heavy atom. The van der Waals surface area contributed by atoms with Crippen molar-refractivity contribution in [2.45, 2.75) is 6.92 Å². The molecule has 0 fully saturated rings. The second kappa shape index (κ2) is 4.65. The molecule has 4 N–H and O–H groups in total. The molecule has 0 aliphatic heterocycles. The van der Waals surface area contributed by atoms with Gasteiger partial charge >= 0.3 is 6.03 Å². The van der Waals surface area contributed by atoms with Crippen LogP contribution in [0.25, 0.3) is 0 Å². The second-order valence-corrected chi connectivity index (χ2v) is 3.26. The van der Waals surface area contributed by atoms with Gasteiger partial charge in [-0.25, -0.2) is 10.2 Å². The zero-order chi connectivity index (χ0) is 11.4. The molecule has 0 aliphatic rings. The molecule has 0 spiro atoms. The average Bonchev–Trinajstić information content (AvgIpc) is 2.18. The van der Waals surface area contributed by atoms with E-state index in [1.165, 1.54) is 0 Å². The normalized spacial score (nSPS) is 9.47. The van der Waals surface area contributed by atoms with Crippen molar-refractivity contribution in [1.82, 2.24) is 10.9 Å². The van der Waals surface area contributed by atoms with E-state index in [-0.39, 0.29) is 0 Å². The van der Waals surface area contributed by atoms with E-state index in [1.54, 1.807) is 25.1 Å². The molecule has 1 rings (SSSR count). The van der Waals surface area contributed by atoms with Gasteiger partial charge in [-0.15, -0.1) is 0 Å². The maximum Gasteiger partial charge on any atom is 0.330 e. The smallest absolute Gasteiger partial charge is 0.330 e. The summed E-state index contributed by atoms with van der Waals surface area (Å²) in [5.41, 5.74) is 9.95. The fourth-order valence-electron chi connectivity index (χ4n) is 1.04. The number of hydrazine groups is 1. The van der Waals surface area contributed by atoms with Crippen LogP contribution >= 0.6 is 11.6 Å². The van der Waals surface area contributed by atoms with E-state index in [4.69, 9.17) is 17.3 Å². The Morgan fingerprint density at radius 1 is 1.33 bits per heavy atom. The van der Waals surface area contributed by atoms with Gasteiger partial charge in [0.15, 0.2) is 0 Å². The SMILES string of the molecule is Cc1c(Cl)cccc1C(=O)NNC(N)=O. The highest BCUT2D eigenvalue weighted by Gasteiger charge is 2.10. The molecule has 6 heteroatoms. The zero-order valence-electron chi connectivity index (χ0n) is 8.00. The van der Waals surface area contributed by atoms with E-state index in [0.717, 1.165) is 0 Å². The van der Waals surface area contributed by atoms with Crippen molar-refractivity contribution in [3.63, 3.8) is 0 Å². The summed E-state index contributed by atoms with van der Waals surface area (Å²) in [5, 5.41) is 0.488. The summed E-state index contributed by atoms with van der Waals surface area (Å²) in [7, 11) is 0. The lowest BCUT2D eigenvalue weighted by atomic mass is 10.1. The quantitative estimate of drug-likeness (QED) is 0.625. The Balaban J connectivity index is 2.82. The molecule has 0 atom stereocenters.